The zero-order valence-electron chi connectivity index (χ0n) is 9.05. The Morgan fingerprint density at radius 3 is 2.65 bits per heavy atom. The summed E-state index contributed by atoms with van der Waals surface area (Å²) in [4.78, 5) is 0. The lowest BCUT2D eigenvalue weighted by atomic mass is 10.1. The Hall–Kier alpha value is -1.49. The molecule has 0 saturated carbocycles. The van der Waals surface area contributed by atoms with Crippen LogP contribution < -0.4 is 5.73 Å². The number of alkyl halides is 3. The molecular weight excluding hydrogens is 231 g/mol. The predicted molar refractivity (Wildman–Crippen MR) is 58.6 cm³/mol. The van der Waals surface area contributed by atoms with Crippen molar-refractivity contribution in [2.45, 2.75) is 19.0 Å². The summed E-state index contributed by atoms with van der Waals surface area (Å²) < 4.78 is 42.4. The smallest absolute Gasteiger partial charge is 0.449 e. The molecule has 0 radical (unpaired) electrons. The number of benzene rings is 1. The van der Waals surface area contributed by atoms with E-state index in [1.165, 1.54) is 0 Å². The van der Waals surface area contributed by atoms with Crippen molar-refractivity contribution >= 4 is 11.0 Å². The van der Waals surface area contributed by atoms with Gasteiger partial charge >= 0.3 is 6.18 Å². The van der Waals surface area contributed by atoms with Gasteiger partial charge in [-0.25, -0.2) is 0 Å². The number of hydrogen-bond acceptors (Lipinski definition) is 2. The molecule has 0 aliphatic carbocycles. The average molecular weight is 243 g/mol. The summed E-state index contributed by atoms with van der Waals surface area (Å²) in [6.45, 7) is 0.503. The number of fused-ring (bicyclic) bond motifs is 1. The quantitative estimate of drug-likeness (QED) is 0.897. The van der Waals surface area contributed by atoms with Crippen LogP contribution in [0.1, 0.15) is 17.7 Å². The van der Waals surface area contributed by atoms with Crippen LogP contribution in [0.25, 0.3) is 11.0 Å². The fraction of sp³-hybridized carbons (Fsp3) is 0.333. The first-order valence-corrected chi connectivity index (χ1v) is 5.31. The maximum absolute atomic E-state index is 12.5. The van der Waals surface area contributed by atoms with Crippen LogP contribution in [0, 0.1) is 0 Å². The molecule has 17 heavy (non-hydrogen) atoms. The van der Waals surface area contributed by atoms with Crippen molar-refractivity contribution in [1.29, 1.82) is 0 Å². The minimum absolute atomic E-state index is 0.313. The predicted octanol–water partition coefficient (Wildman–Crippen LogP) is 3.34. The van der Waals surface area contributed by atoms with Crippen molar-refractivity contribution < 1.29 is 17.6 Å². The van der Waals surface area contributed by atoms with E-state index in [0.29, 0.717) is 23.9 Å². The Morgan fingerprint density at radius 1 is 1.24 bits per heavy atom. The third-order valence-corrected chi connectivity index (χ3v) is 2.56. The number of aryl methyl sites for hydroxylation is 1. The molecule has 0 atom stereocenters. The first kappa shape index (κ1) is 12.0. The molecule has 2 rings (SSSR count). The number of hydrogen-bond donors (Lipinski definition) is 1. The molecule has 0 spiro atoms. The van der Waals surface area contributed by atoms with Gasteiger partial charge in [0, 0.05) is 5.39 Å². The topological polar surface area (TPSA) is 39.2 Å². The van der Waals surface area contributed by atoms with Crippen LogP contribution in [-0.4, -0.2) is 6.54 Å². The summed E-state index contributed by atoms with van der Waals surface area (Å²) in [5.74, 6) is -0.951. The van der Waals surface area contributed by atoms with Crippen molar-refractivity contribution in [2.75, 3.05) is 6.54 Å². The lowest BCUT2D eigenvalue weighted by Gasteiger charge is -2.01. The van der Waals surface area contributed by atoms with E-state index in [2.05, 4.69) is 0 Å². The van der Waals surface area contributed by atoms with E-state index in [-0.39, 0.29) is 0 Å². The van der Waals surface area contributed by atoms with Crippen molar-refractivity contribution in [3.8, 4) is 0 Å². The van der Waals surface area contributed by atoms with Gasteiger partial charge in [0.05, 0.1) is 0 Å². The van der Waals surface area contributed by atoms with E-state index < -0.39 is 11.9 Å². The Morgan fingerprint density at radius 2 is 2.00 bits per heavy atom. The highest BCUT2D eigenvalue weighted by Gasteiger charge is 2.35. The lowest BCUT2D eigenvalue weighted by molar-refractivity contribution is -0.152. The van der Waals surface area contributed by atoms with Crippen molar-refractivity contribution in [3.05, 3.63) is 35.6 Å². The Bertz CT molecular complexity index is 516. The van der Waals surface area contributed by atoms with E-state index in [1.807, 2.05) is 0 Å². The van der Waals surface area contributed by atoms with E-state index >= 15 is 0 Å². The maximum Gasteiger partial charge on any atom is 0.449 e. The van der Waals surface area contributed by atoms with Crippen molar-refractivity contribution in [3.63, 3.8) is 0 Å². The van der Waals surface area contributed by atoms with Crippen LogP contribution in [-0.2, 0) is 12.6 Å². The number of rotatable bonds is 3. The summed E-state index contributed by atoms with van der Waals surface area (Å²) in [5, 5.41) is 0.479. The maximum atomic E-state index is 12.5. The van der Waals surface area contributed by atoms with Gasteiger partial charge in [-0.2, -0.15) is 13.2 Å². The number of nitrogens with two attached hydrogens (primary N) is 1. The highest BCUT2D eigenvalue weighted by molar-refractivity contribution is 5.81. The number of para-hydroxylation sites is 1. The molecule has 0 aliphatic heterocycles. The lowest BCUT2D eigenvalue weighted by Crippen LogP contribution is -2.02. The van der Waals surface area contributed by atoms with Crippen molar-refractivity contribution in [2.24, 2.45) is 5.73 Å². The molecule has 2 N–H and O–H groups in total. The van der Waals surface area contributed by atoms with Gasteiger partial charge in [-0.3, -0.25) is 0 Å². The molecule has 0 bridgehead atoms. The minimum atomic E-state index is -4.44. The molecule has 1 aromatic carbocycles. The van der Waals surface area contributed by atoms with Gasteiger partial charge in [0.2, 0.25) is 5.76 Å². The summed E-state index contributed by atoms with van der Waals surface area (Å²) >= 11 is 0. The van der Waals surface area contributed by atoms with Crippen LogP contribution >= 0.6 is 0 Å². The van der Waals surface area contributed by atoms with E-state index in [0.717, 1.165) is 18.1 Å². The van der Waals surface area contributed by atoms with E-state index in [9.17, 15) is 13.2 Å². The summed E-state index contributed by atoms with van der Waals surface area (Å²) in [5.41, 5.74) is 6.46. The SMILES string of the molecule is NCCCc1cccc2cc(C(F)(F)F)oc12. The van der Waals surface area contributed by atoms with Gasteiger partial charge in [-0.05, 0) is 31.0 Å². The van der Waals surface area contributed by atoms with Gasteiger partial charge in [0.15, 0.2) is 0 Å². The molecule has 1 heterocycles. The summed E-state index contributed by atoms with van der Waals surface area (Å²) in [6, 6.07) is 6.13. The molecule has 0 aliphatic rings. The molecule has 5 heteroatoms. The van der Waals surface area contributed by atoms with Crippen LogP contribution in [0.3, 0.4) is 0 Å². The molecule has 1 aromatic heterocycles. The molecule has 2 nitrogen and oxygen atoms in total. The van der Waals surface area contributed by atoms with Crippen LogP contribution in [0.4, 0.5) is 13.2 Å². The molecule has 0 fully saturated rings. The van der Waals surface area contributed by atoms with Crippen LogP contribution in [0.2, 0.25) is 0 Å². The summed E-state index contributed by atoms with van der Waals surface area (Å²) in [7, 11) is 0. The number of halogens is 3. The normalized spacial score (nSPS) is 12.2. The Kier molecular flexibility index (Phi) is 3.11. The van der Waals surface area contributed by atoms with Gasteiger partial charge in [-0.15, -0.1) is 0 Å². The fourth-order valence-corrected chi connectivity index (χ4v) is 1.75. The van der Waals surface area contributed by atoms with Gasteiger partial charge in [-0.1, -0.05) is 18.2 Å². The van der Waals surface area contributed by atoms with E-state index in [4.69, 9.17) is 10.2 Å². The van der Waals surface area contributed by atoms with Gasteiger partial charge < -0.3 is 10.2 Å². The molecule has 0 amide bonds. The monoisotopic (exact) mass is 243 g/mol. The molecule has 0 saturated heterocycles. The first-order valence-electron chi connectivity index (χ1n) is 5.31. The molecule has 92 valence electrons. The third-order valence-electron chi connectivity index (χ3n) is 2.56. The highest BCUT2D eigenvalue weighted by Crippen LogP contribution is 2.34. The van der Waals surface area contributed by atoms with Gasteiger partial charge in [0.25, 0.3) is 0 Å². The van der Waals surface area contributed by atoms with Crippen LogP contribution in [0.5, 0.6) is 0 Å². The number of furan rings is 1. The van der Waals surface area contributed by atoms with Crippen LogP contribution in [0.15, 0.2) is 28.7 Å². The summed E-state index contributed by atoms with van der Waals surface area (Å²) in [6.07, 6.45) is -3.09. The Balaban J connectivity index is 2.45. The molecular formula is C12H12F3NO. The molecule has 2 aromatic rings. The average Bonchev–Trinajstić information content (AvgIpc) is 2.70. The standard InChI is InChI=1S/C12H12F3NO/c13-12(14,15)10-7-9-4-1-3-8(5-2-6-16)11(9)17-10/h1,3-4,7H,2,5-6,16H2. The first-order chi connectivity index (χ1) is 8.02. The second-order valence-corrected chi connectivity index (χ2v) is 3.84. The Labute approximate surface area is 96.2 Å². The largest absolute Gasteiger partial charge is 0.451 e. The van der Waals surface area contributed by atoms with E-state index in [1.54, 1.807) is 18.2 Å². The third kappa shape index (κ3) is 2.44. The zero-order valence-corrected chi connectivity index (χ0v) is 9.05. The second-order valence-electron chi connectivity index (χ2n) is 3.84. The zero-order chi connectivity index (χ0) is 12.5. The second kappa shape index (κ2) is 4.41. The minimum Gasteiger partial charge on any atom is -0.451 e. The highest BCUT2D eigenvalue weighted by atomic mass is 19.4. The molecule has 0 unspecified atom stereocenters. The van der Waals surface area contributed by atoms with Gasteiger partial charge in [0.1, 0.15) is 5.58 Å². The van der Waals surface area contributed by atoms with Crippen molar-refractivity contribution in [1.82, 2.24) is 0 Å². The fourth-order valence-electron chi connectivity index (χ4n) is 1.75.